The fourth-order valence-corrected chi connectivity index (χ4v) is 11.2. The molecule has 6 aromatic rings. The molecule has 4 aliphatic rings. The Morgan fingerprint density at radius 3 is 2.70 bits per heavy atom. The molecule has 4 fully saturated rings. The van der Waals surface area contributed by atoms with Gasteiger partial charge in [-0.2, -0.15) is 0 Å². The average Bonchev–Trinajstić information content (AvgIpc) is 3.98. The van der Waals surface area contributed by atoms with Crippen LogP contribution in [0.1, 0.15) is 82.1 Å². The number of carbonyl (C=O) groups excluding carboxylic acids is 3. The van der Waals surface area contributed by atoms with Crippen LogP contribution in [0.4, 0.5) is 19.4 Å². The number of benzene rings is 3. The van der Waals surface area contributed by atoms with E-state index in [0.29, 0.717) is 82.5 Å². The molecular weight excluding hydrogens is 889 g/mol. The third-order valence-corrected chi connectivity index (χ3v) is 14.6. The van der Waals surface area contributed by atoms with Crippen LogP contribution in [0.5, 0.6) is 5.75 Å². The molecule has 3 aromatic carbocycles. The first-order valence-electron chi connectivity index (χ1n) is 23.6. The molecule has 4 saturated heterocycles. The monoisotopic (exact) mass is 941 g/mol. The predicted octanol–water partition coefficient (Wildman–Crippen LogP) is 5.82. The summed E-state index contributed by atoms with van der Waals surface area (Å²) in [5, 5.41) is 17.6. The number of imide groups is 1. The minimum Gasteiger partial charge on any atom is -0.492 e. The molecule has 4 atom stereocenters. The summed E-state index contributed by atoms with van der Waals surface area (Å²) in [7, 11) is 1.61. The molecule has 0 saturated carbocycles. The number of hydrogen-bond acceptors (Lipinski definition) is 12. The number of anilines is 1. The van der Waals surface area contributed by atoms with E-state index >= 15 is 8.78 Å². The smallest absolute Gasteiger partial charge is 0.407 e. The number of amides is 3. The van der Waals surface area contributed by atoms with Gasteiger partial charge in [-0.05, 0) is 88.4 Å². The number of ether oxygens (including phenoxy) is 2. The van der Waals surface area contributed by atoms with Crippen LogP contribution < -0.4 is 26.0 Å². The Balaban J connectivity index is 0.802. The Bertz CT molecular complexity index is 3160. The molecule has 69 heavy (non-hydrogen) atoms. The van der Waals surface area contributed by atoms with Crippen molar-refractivity contribution in [1.82, 2.24) is 39.6 Å². The lowest BCUT2D eigenvalue weighted by atomic mass is 9.88. The molecule has 0 radical (unpaired) electrons. The highest BCUT2D eigenvalue weighted by Gasteiger charge is 2.49. The summed E-state index contributed by atoms with van der Waals surface area (Å²) in [5.74, 6) is 1.76. The van der Waals surface area contributed by atoms with Gasteiger partial charge < -0.3 is 24.8 Å². The summed E-state index contributed by atoms with van der Waals surface area (Å²) in [6.07, 6.45) is 13.3. The Morgan fingerprint density at radius 1 is 1.04 bits per heavy atom. The van der Waals surface area contributed by atoms with Crippen LogP contribution in [-0.4, -0.2) is 109 Å². The predicted molar refractivity (Wildman–Crippen MR) is 254 cm³/mol. The first-order chi connectivity index (χ1) is 33.2. The highest BCUT2D eigenvalue weighted by molar-refractivity contribution is 6.02. The minimum atomic E-state index is -0.967. The number of piperidine rings is 2. The van der Waals surface area contributed by atoms with Gasteiger partial charge in [0.15, 0.2) is 5.82 Å². The van der Waals surface area contributed by atoms with Crippen molar-refractivity contribution in [2.75, 3.05) is 44.3 Å². The number of hydrogen-bond donors (Lipinski definition) is 3. The third kappa shape index (κ3) is 8.52. The summed E-state index contributed by atoms with van der Waals surface area (Å²) in [6, 6.07) is 12.5. The van der Waals surface area contributed by atoms with E-state index in [9.17, 15) is 24.3 Å². The van der Waals surface area contributed by atoms with Crippen molar-refractivity contribution in [3.05, 3.63) is 88.2 Å². The number of terminal acetylenes is 1. The van der Waals surface area contributed by atoms with Crippen molar-refractivity contribution in [1.29, 1.82) is 0 Å². The quantitative estimate of drug-likeness (QED) is 0.0760. The van der Waals surface area contributed by atoms with Gasteiger partial charge in [-0.1, -0.05) is 30.2 Å². The van der Waals surface area contributed by atoms with Gasteiger partial charge in [-0.3, -0.25) is 33.9 Å². The molecule has 3 aromatic heterocycles. The van der Waals surface area contributed by atoms with Gasteiger partial charge >= 0.3 is 11.8 Å². The number of halogens is 2. The van der Waals surface area contributed by atoms with Gasteiger partial charge in [0.25, 0.3) is 0 Å². The standard InChI is InChI=1S/C51H53F2N9O7/c1-4-33-36(52)12-10-30-8-5-9-34(42(30)33)44-43(53)45-35(27-55-44)46(60-23-6-18-50(2,67)29-60)57-40(56-45)17-21-51-19-7-24-61(51)31(16-20-51)28-69-48(65)54-22-25-68-32-11-13-37-39(26-32)59(3)49(66)62(37)38-14-15-41(63)58-47(38)64/h1,5,8-13,26-27,31,38,67H,6-7,14-25,28-29H2,2-3H3,(H,54,65)(H,58,63,64)/t31-,38?,50+,51-/m0/s1. The first-order valence-corrected chi connectivity index (χ1v) is 23.6. The number of alkyl carbamates (subject to hydrolysis) is 1. The molecular formula is C51H53F2N9O7. The summed E-state index contributed by atoms with van der Waals surface area (Å²) in [4.78, 5) is 69.2. The molecule has 0 bridgehead atoms. The number of aliphatic hydroxyl groups is 1. The number of fused-ring (bicyclic) bond motifs is 4. The van der Waals surface area contributed by atoms with Crippen LogP contribution >= 0.6 is 0 Å². The van der Waals surface area contributed by atoms with Gasteiger partial charge in [-0.25, -0.2) is 28.3 Å². The van der Waals surface area contributed by atoms with E-state index < -0.39 is 35.3 Å². The van der Waals surface area contributed by atoms with E-state index in [1.54, 1.807) is 62.6 Å². The Labute approximate surface area is 396 Å². The first kappa shape index (κ1) is 45.8. The van der Waals surface area contributed by atoms with Gasteiger partial charge in [-0.15, -0.1) is 6.42 Å². The Morgan fingerprint density at radius 2 is 1.88 bits per heavy atom. The van der Waals surface area contributed by atoms with Crippen molar-refractivity contribution < 1.29 is 37.7 Å². The molecule has 16 nitrogen and oxygen atoms in total. The number of β-amino-alcohol motifs (C(OH)–C–C–N with tert-alkyl or cyclic N) is 1. The zero-order chi connectivity index (χ0) is 48.2. The van der Waals surface area contributed by atoms with Gasteiger partial charge in [0.05, 0.1) is 34.1 Å². The number of aromatic nitrogens is 5. The normalized spacial score (nSPS) is 22.8. The molecule has 4 aliphatic heterocycles. The van der Waals surface area contributed by atoms with Gasteiger partial charge in [0.1, 0.15) is 53.7 Å². The number of aryl methyl sites for hydroxylation is 2. The molecule has 18 heteroatoms. The fourth-order valence-electron chi connectivity index (χ4n) is 11.2. The SMILES string of the molecule is C#Cc1c(F)ccc2cccc(-c3ncc4c(N5CCC[C@@](C)(O)C5)nc(CC[C@@]56CCCN5[C@H](COC(=O)NCCOc5ccc7c(c5)n(C)c(=O)n7C5CCC(=O)NC5=O)CC6)nc4c3F)c12. The van der Waals surface area contributed by atoms with Crippen LogP contribution in [-0.2, 0) is 27.8 Å². The topological polar surface area (TPSA) is 186 Å². The maximum Gasteiger partial charge on any atom is 0.407 e. The highest BCUT2D eigenvalue weighted by atomic mass is 19.1. The lowest BCUT2D eigenvalue weighted by Crippen LogP contribution is -2.46. The Kier molecular flexibility index (Phi) is 12.1. The Hall–Kier alpha value is -6.97. The largest absolute Gasteiger partial charge is 0.492 e. The number of pyridine rings is 1. The molecule has 0 aliphatic carbocycles. The van der Waals surface area contributed by atoms with Crippen molar-refractivity contribution in [3.63, 3.8) is 0 Å². The van der Waals surface area contributed by atoms with Crippen LogP contribution in [0.2, 0.25) is 0 Å². The van der Waals surface area contributed by atoms with Crippen molar-refractivity contribution in [3.8, 4) is 29.4 Å². The number of rotatable bonds is 12. The second kappa shape index (κ2) is 18.2. The summed E-state index contributed by atoms with van der Waals surface area (Å²) < 4.78 is 46.6. The third-order valence-electron chi connectivity index (χ3n) is 14.6. The lowest BCUT2D eigenvalue weighted by molar-refractivity contribution is -0.135. The molecule has 1 unspecified atom stereocenters. The summed E-state index contributed by atoms with van der Waals surface area (Å²) in [5.41, 5.74) is 0.0471. The van der Waals surface area contributed by atoms with E-state index in [2.05, 4.69) is 26.4 Å². The number of carbonyl (C=O) groups is 3. The lowest BCUT2D eigenvalue weighted by Gasteiger charge is -2.38. The van der Waals surface area contributed by atoms with Crippen LogP contribution in [0, 0.1) is 24.0 Å². The van der Waals surface area contributed by atoms with E-state index in [1.807, 2.05) is 4.90 Å². The van der Waals surface area contributed by atoms with Crippen molar-refractivity contribution >= 4 is 56.4 Å². The van der Waals surface area contributed by atoms with E-state index in [-0.39, 0.29) is 72.6 Å². The maximum absolute atomic E-state index is 17.1. The van der Waals surface area contributed by atoms with E-state index in [4.69, 9.17) is 25.9 Å². The molecule has 3 N–H and O–H groups in total. The second-order valence-electron chi connectivity index (χ2n) is 19.1. The van der Waals surface area contributed by atoms with Crippen LogP contribution in [0.3, 0.4) is 0 Å². The van der Waals surface area contributed by atoms with Gasteiger partial charge in [0, 0.05) is 67.8 Å². The van der Waals surface area contributed by atoms with Gasteiger partial charge in [0.2, 0.25) is 11.8 Å². The van der Waals surface area contributed by atoms with Crippen LogP contribution in [0.15, 0.2) is 59.5 Å². The van der Waals surface area contributed by atoms with E-state index in [0.717, 1.165) is 38.6 Å². The van der Waals surface area contributed by atoms with Crippen molar-refractivity contribution in [2.45, 2.75) is 94.4 Å². The molecule has 3 amide bonds. The summed E-state index contributed by atoms with van der Waals surface area (Å²) >= 11 is 0. The molecule has 10 rings (SSSR count). The van der Waals surface area contributed by atoms with E-state index in [1.165, 1.54) is 15.2 Å². The highest BCUT2D eigenvalue weighted by Crippen LogP contribution is 2.46. The minimum absolute atomic E-state index is 0.000331. The number of nitrogens with zero attached hydrogens (tertiary/aromatic N) is 7. The second-order valence-corrected chi connectivity index (χ2v) is 19.1. The average molecular weight is 942 g/mol. The van der Waals surface area contributed by atoms with Crippen LogP contribution in [0.25, 0.3) is 44.0 Å². The number of imidazole rings is 1. The molecule has 0 spiro atoms. The zero-order valence-electron chi connectivity index (χ0n) is 38.5. The molecule has 7 heterocycles. The maximum atomic E-state index is 17.1. The fraction of sp³-hybridized carbons (Fsp3) is 0.431. The molecule has 358 valence electrons. The number of nitrogens with one attached hydrogen (secondary N) is 2. The van der Waals surface area contributed by atoms with Crippen molar-refractivity contribution in [2.24, 2.45) is 7.05 Å². The zero-order valence-corrected chi connectivity index (χ0v) is 38.5. The summed E-state index contributed by atoms with van der Waals surface area (Å²) in [6.45, 7) is 4.06.